The third kappa shape index (κ3) is 3.01. The van der Waals surface area contributed by atoms with Gasteiger partial charge in [-0.3, -0.25) is 4.79 Å². The summed E-state index contributed by atoms with van der Waals surface area (Å²) < 4.78 is 0. The highest BCUT2D eigenvalue weighted by Crippen LogP contribution is 2.25. The minimum Gasteiger partial charge on any atom is -0.306 e. The molecule has 1 N–H and O–H groups in total. The second kappa shape index (κ2) is 6.18. The van der Waals surface area contributed by atoms with Crippen LogP contribution in [0.2, 0.25) is 0 Å². The smallest absolute Gasteiger partial charge is 0.256 e. The van der Waals surface area contributed by atoms with E-state index in [1.54, 1.807) is 18.3 Å². The van der Waals surface area contributed by atoms with Crippen molar-refractivity contribution in [2.75, 3.05) is 5.32 Å². The van der Waals surface area contributed by atoms with Gasteiger partial charge in [0.2, 0.25) is 0 Å². The molecular weight excluding hydrogens is 274 g/mol. The van der Waals surface area contributed by atoms with Gasteiger partial charge in [0, 0.05) is 17.3 Å². The molecule has 4 heteroatoms. The molecule has 108 valence electrons. The van der Waals surface area contributed by atoms with E-state index in [1.807, 2.05) is 49.4 Å². The van der Waals surface area contributed by atoms with Crippen LogP contribution in [0.3, 0.4) is 0 Å². The molecule has 3 aromatic rings. The Kier molecular flexibility index (Phi) is 3.92. The van der Waals surface area contributed by atoms with Crippen molar-refractivity contribution in [3.05, 3.63) is 78.2 Å². The maximum Gasteiger partial charge on any atom is 0.256 e. The molecule has 1 amide bonds. The van der Waals surface area contributed by atoms with Crippen molar-refractivity contribution in [1.29, 1.82) is 0 Å². The normalized spacial score (nSPS) is 10.2. The summed E-state index contributed by atoms with van der Waals surface area (Å²) in [5.41, 5.74) is 3.53. The summed E-state index contributed by atoms with van der Waals surface area (Å²) >= 11 is 0. The summed E-state index contributed by atoms with van der Waals surface area (Å²) in [5, 5.41) is 2.85. The standard InChI is InChI=1S/C18H15N3O/c1-13-7-9-14(10-8-13)16-11-19-12-20-17(16)21-18(22)15-5-3-2-4-6-15/h2-12H,1H3,(H,19,20,21,22). The van der Waals surface area contributed by atoms with Crippen molar-refractivity contribution in [2.45, 2.75) is 6.92 Å². The molecule has 0 saturated carbocycles. The molecule has 0 atom stereocenters. The molecule has 0 fully saturated rings. The van der Waals surface area contributed by atoms with Gasteiger partial charge in [0.05, 0.1) is 0 Å². The summed E-state index contributed by atoms with van der Waals surface area (Å²) in [6.45, 7) is 2.03. The lowest BCUT2D eigenvalue weighted by molar-refractivity contribution is 0.102. The minimum absolute atomic E-state index is 0.187. The van der Waals surface area contributed by atoms with Gasteiger partial charge in [-0.05, 0) is 24.6 Å². The molecule has 3 rings (SSSR count). The van der Waals surface area contributed by atoms with E-state index < -0.39 is 0 Å². The van der Waals surface area contributed by atoms with Crippen molar-refractivity contribution in [1.82, 2.24) is 9.97 Å². The zero-order chi connectivity index (χ0) is 15.4. The number of hydrogen-bond acceptors (Lipinski definition) is 3. The molecule has 2 aromatic carbocycles. The number of rotatable bonds is 3. The van der Waals surface area contributed by atoms with Crippen LogP contribution in [0.25, 0.3) is 11.1 Å². The van der Waals surface area contributed by atoms with Crippen molar-refractivity contribution in [3.8, 4) is 11.1 Å². The minimum atomic E-state index is -0.187. The van der Waals surface area contributed by atoms with Crippen LogP contribution in [0.1, 0.15) is 15.9 Å². The van der Waals surface area contributed by atoms with E-state index in [0.29, 0.717) is 11.4 Å². The first-order chi connectivity index (χ1) is 10.7. The topological polar surface area (TPSA) is 54.9 Å². The van der Waals surface area contributed by atoms with Crippen LogP contribution >= 0.6 is 0 Å². The van der Waals surface area contributed by atoms with Crippen LogP contribution < -0.4 is 5.32 Å². The van der Waals surface area contributed by atoms with E-state index >= 15 is 0 Å². The molecule has 0 radical (unpaired) electrons. The fourth-order valence-electron chi connectivity index (χ4n) is 2.14. The second-order valence-electron chi connectivity index (χ2n) is 4.97. The molecule has 0 bridgehead atoms. The maximum atomic E-state index is 12.3. The van der Waals surface area contributed by atoms with Gasteiger partial charge < -0.3 is 5.32 Å². The number of anilines is 1. The molecule has 0 spiro atoms. The number of aryl methyl sites for hydroxylation is 1. The van der Waals surface area contributed by atoms with Crippen LogP contribution in [0, 0.1) is 6.92 Å². The average molecular weight is 289 g/mol. The highest BCUT2D eigenvalue weighted by Gasteiger charge is 2.11. The van der Waals surface area contributed by atoms with Crippen molar-refractivity contribution >= 4 is 11.7 Å². The first-order valence-electron chi connectivity index (χ1n) is 6.97. The van der Waals surface area contributed by atoms with Crippen LogP contribution in [0.5, 0.6) is 0 Å². The zero-order valence-corrected chi connectivity index (χ0v) is 12.2. The quantitative estimate of drug-likeness (QED) is 0.799. The van der Waals surface area contributed by atoms with Crippen LogP contribution in [0.4, 0.5) is 5.82 Å². The number of nitrogens with one attached hydrogen (secondary N) is 1. The molecule has 0 aliphatic heterocycles. The summed E-state index contributed by atoms with van der Waals surface area (Å²) in [7, 11) is 0. The van der Waals surface area contributed by atoms with E-state index in [9.17, 15) is 4.79 Å². The van der Waals surface area contributed by atoms with Crippen molar-refractivity contribution < 1.29 is 4.79 Å². The van der Waals surface area contributed by atoms with E-state index in [4.69, 9.17) is 0 Å². The number of aromatic nitrogens is 2. The SMILES string of the molecule is Cc1ccc(-c2cncnc2NC(=O)c2ccccc2)cc1. The fourth-order valence-corrected chi connectivity index (χ4v) is 2.14. The number of carbonyl (C=O) groups is 1. The van der Waals surface area contributed by atoms with Gasteiger partial charge in [0.1, 0.15) is 12.1 Å². The lowest BCUT2D eigenvalue weighted by Gasteiger charge is -2.10. The largest absolute Gasteiger partial charge is 0.306 e. The zero-order valence-electron chi connectivity index (χ0n) is 12.2. The Morgan fingerprint density at radius 2 is 1.73 bits per heavy atom. The van der Waals surface area contributed by atoms with Crippen molar-refractivity contribution in [3.63, 3.8) is 0 Å². The summed E-state index contributed by atoms with van der Waals surface area (Å²) in [5.74, 6) is 0.320. The van der Waals surface area contributed by atoms with Gasteiger partial charge in [0.15, 0.2) is 0 Å². The Balaban J connectivity index is 1.92. The predicted molar refractivity (Wildman–Crippen MR) is 86.6 cm³/mol. The third-order valence-corrected chi connectivity index (χ3v) is 3.34. The van der Waals surface area contributed by atoms with Gasteiger partial charge in [0.25, 0.3) is 5.91 Å². The second-order valence-corrected chi connectivity index (χ2v) is 4.97. The number of hydrogen-bond donors (Lipinski definition) is 1. The van der Waals surface area contributed by atoms with Gasteiger partial charge in [-0.1, -0.05) is 48.0 Å². The monoisotopic (exact) mass is 289 g/mol. The molecule has 22 heavy (non-hydrogen) atoms. The lowest BCUT2D eigenvalue weighted by Crippen LogP contribution is -2.13. The molecule has 0 aliphatic rings. The van der Waals surface area contributed by atoms with Crippen LogP contribution in [-0.4, -0.2) is 15.9 Å². The van der Waals surface area contributed by atoms with E-state index in [1.165, 1.54) is 11.9 Å². The van der Waals surface area contributed by atoms with E-state index in [-0.39, 0.29) is 5.91 Å². The molecule has 1 aromatic heterocycles. The Morgan fingerprint density at radius 1 is 1.00 bits per heavy atom. The Bertz CT molecular complexity index is 783. The third-order valence-electron chi connectivity index (χ3n) is 3.34. The summed E-state index contributed by atoms with van der Waals surface area (Å²) in [6.07, 6.45) is 3.14. The lowest BCUT2D eigenvalue weighted by atomic mass is 10.1. The predicted octanol–water partition coefficient (Wildman–Crippen LogP) is 3.70. The van der Waals surface area contributed by atoms with Crippen molar-refractivity contribution in [2.24, 2.45) is 0 Å². The highest BCUT2D eigenvalue weighted by atomic mass is 16.1. The molecule has 1 heterocycles. The van der Waals surface area contributed by atoms with Crippen LogP contribution in [0.15, 0.2) is 67.1 Å². The number of carbonyl (C=O) groups excluding carboxylic acids is 1. The van der Waals surface area contributed by atoms with E-state index in [0.717, 1.165) is 11.1 Å². The number of benzene rings is 2. The molecule has 0 saturated heterocycles. The maximum absolute atomic E-state index is 12.3. The first-order valence-corrected chi connectivity index (χ1v) is 6.97. The van der Waals surface area contributed by atoms with Gasteiger partial charge >= 0.3 is 0 Å². The van der Waals surface area contributed by atoms with Gasteiger partial charge in [-0.15, -0.1) is 0 Å². The Labute approximate surface area is 128 Å². The van der Waals surface area contributed by atoms with E-state index in [2.05, 4.69) is 15.3 Å². The Morgan fingerprint density at radius 3 is 2.45 bits per heavy atom. The average Bonchev–Trinajstić information content (AvgIpc) is 2.57. The Hall–Kier alpha value is -3.01. The summed E-state index contributed by atoms with van der Waals surface area (Å²) in [6, 6.07) is 17.1. The van der Waals surface area contributed by atoms with Gasteiger partial charge in [-0.25, -0.2) is 9.97 Å². The molecule has 4 nitrogen and oxygen atoms in total. The molecule has 0 aliphatic carbocycles. The van der Waals surface area contributed by atoms with Crippen LogP contribution in [-0.2, 0) is 0 Å². The highest BCUT2D eigenvalue weighted by molar-refractivity contribution is 6.05. The first kappa shape index (κ1) is 13.9. The summed E-state index contributed by atoms with van der Waals surface area (Å²) in [4.78, 5) is 20.5. The number of nitrogens with zero attached hydrogens (tertiary/aromatic N) is 2. The molecular formula is C18H15N3O. The number of amides is 1. The van der Waals surface area contributed by atoms with Gasteiger partial charge in [-0.2, -0.15) is 0 Å². The molecule has 0 unspecified atom stereocenters. The fraction of sp³-hybridized carbons (Fsp3) is 0.0556.